The SMILES string of the molecule is CC.CC.CCc1ccc2ccccc2c1Nc1ccc(C)cc1. The van der Waals surface area contributed by atoms with Crippen molar-refractivity contribution in [1.82, 2.24) is 0 Å². The minimum atomic E-state index is 1.03. The van der Waals surface area contributed by atoms with E-state index in [1.807, 2.05) is 27.7 Å². The highest BCUT2D eigenvalue weighted by Gasteiger charge is 2.06. The van der Waals surface area contributed by atoms with Crippen LogP contribution in [0.1, 0.15) is 45.7 Å². The van der Waals surface area contributed by atoms with Gasteiger partial charge in [0, 0.05) is 16.8 Å². The van der Waals surface area contributed by atoms with Crippen LogP contribution in [0.25, 0.3) is 10.8 Å². The number of nitrogens with one attached hydrogen (secondary N) is 1. The third-order valence-electron chi connectivity index (χ3n) is 3.72. The van der Waals surface area contributed by atoms with E-state index < -0.39 is 0 Å². The van der Waals surface area contributed by atoms with Crippen LogP contribution in [-0.4, -0.2) is 0 Å². The highest BCUT2D eigenvalue weighted by atomic mass is 14.9. The molecule has 3 aromatic rings. The average molecular weight is 322 g/mol. The van der Waals surface area contributed by atoms with E-state index in [4.69, 9.17) is 0 Å². The molecule has 0 fully saturated rings. The number of benzene rings is 3. The lowest BCUT2D eigenvalue weighted by molar-refractivity contribution is 1.15. The maximum Gasteiger partial charge on any atom is 0.0496 e. The summed E-state index contributed by atoms with van der Waals surface area (Å²) in [6.07, 6.45) is 1.03. The van der Waals surface area contributed by atoms with Gasteiger partial charge in [0.15, 0.2) is 0 Å². The second kappa shape index (κ2) is 10.5. The normalized spacial score (nSPS) is 9.42. The van der Waals surface area contributed by atoms with Gasteiger partial charge in [-0.25, -0.2) is 0 Å². The summed E-state index contributed by atoms with van der Waals surface area (Å²) >= 11 is 0. The molecule has 0 unspecified atom stereocenters. The van der Waals surface area contributed by atoms with Crippen LogP contribution in [0.3, 0.4) is 0 Å². The van der Waals surface area contributed by atoms with E-state index in [2.05, 4.69) is 79.8 Å². The van der Waals surface area contributed by atoms with Crippen LogP contribution in [0.15, 0.2) is 60.7 Å². The summed E-state index contributed by atoms with van der Waals surface area (Å²) in [5, 5.41) is 6.16. The number of hydrogen-bond donors (Lipinski definition) is 1. The molecule has 0 atom stereocenters. The van der Waals surface area contributed by atoms with Gasteiger partial charge in [0.05, 0.1) is 0 Å². The van der Waals surface area contributed by atoms with Crippen LogP contribution >= 0.6 is 0 Å². The van der Waals surface area contributed by atoms with Crippen molar-refractivity contribution in [2.75, 3.05) is 5.32 Å². The first kappa shape index (κ1) is 19.8. The standard InChI is InChI=1S/C19H19N.2C2H6/c1-3-15-10-11-16-6-4-5-7-18(16)19(15)20-17-12-8-14(2)9-13-17;2*1-2/h4-13,20H,3H2,1-2H3;2*1-2H3. The molecule has 1 N–H and O–H groups in total. The van der Waals surface area contributed by atoms with Gasteiger partial charge < -0.3 is 5.32 Å². The molecule has 0 radical (unpaired) electrons. The Balaban J connectivity index is 0.000000671. The van der Waals surface area contributed by atoms with E-state index >= 15 is 0 Å². The van der Waals surface area contributed by atoms with Gasteiger partial charge in [-0.3, -0.25) is 0 Å². The van der Waals surface area contributed by atoms with Crippen LogP contribution < -0.4 is 5.32 Å². The summed E-state index contributed by atoms with van der Waals surface area (Å²) in [7, 11) is 0. The second-order valence-corrected chi connectivity index (χ2v) is 5.17. The zero-order valence-corrected chi connectivity index (χ0v) is 16.0. The smallest absolute Gasteiger partial charge is 0.0496 e. The summed E-state index contributed by atoms with van der Waals surface area (Å²) < 4.78 is 0. The van der Waals surface area contributed by atoms with Crippen molar-refractivity contribution < 1.29 is 0 Å². The topological polar surface area (TPSA) is 12.0 Å². The molecule has 0 aromatic heterocycles. The molecule has 0 aliphatic heterocycles. The second-order valence-electron chi connectivity index (χ2n) is 5.17. The fourth-order valence-corrected chi connectivity index (χ4v) is 2.54. The average Bonchev–Trinajstić information content (AvgIpc) is 2.67. The zero-order chi connectivity index (χ0) is 17.9. The first-order valence-electron chi connectivity index (χ1n) is 9.12. The largest absolute Gasteiger partial charge is 0.355 e. The Morgan fingerprint density at radius 1 is 0.750 bits per heavy atom. The van der Waals surface area contributed by atoms with Gasteiger partial charge in [-0.05, 0) is 36.4 Å². The molecule has 0 amide bonds. The van der Waals surface area contributed by atoms with Gasteiger partial charge in [-0.15, -0.1) is 0 Å². The Labute approximate surface area is 147 Å². The van der Waals surface area contributed by atoms with E-state index in [1.165, 1.54) is 27.6 Å². The zero-order valence-electron chi connectivity index (χ0n) is 16.0. The van der Waals surface area contributed by atoms with Crippen molar-refractivity contribution in [3.8, 4) is 0 Å². The summed E-state index contributed by atoms with van der Waals surface area (Å²) in [4.78, 5) is 0. The van der Waals surface area contributed by atoms with E-state index in [-0.39, 0.29) is 0 Å². The maximum atomic E-state index is 3.59. The number of anilines is 2. The fourth-order valence-electron chi connectivity index (χ4n) is 2.54. The predicted molar refractivity (Wildman–Crippen MR) is 110 cm³/mol. The van der Waals surface area contributed by atoms with Crippen LogP contribution in [0.2, 0.25) is 0 Å². The lowest BCUT2D eigenvalue weighted by Crippen LogP contribution is -1.96. The molecule has 1 heteroatoms. The molecule has 0 saturated carbocycles. The maximum absolute atomic E-state index is 3.59. The van der Waals surface area contributed by atoms with E-state index in [0.717, 1.165) is 12.1 Å². The first-order valence-corrected chi connectivity index (χ1v) is 9.12. The van der Waals surface area contributed by atoms with Crippen LogP contribution in [0.4, 0.5) is 11.4 Å². The third kappa shape index (κ3) is 4.86. The molecular weight excluding hydrogens is 290 g/mol. The molecule has 0 heterocycles. The lowest BCUT2D eigenvalue weighted by Gasteiger charge is -2.14. The Hall–Kier alpha value is -2.28. The number of rotatable bonds is 3. The molecule has 0 aliphatic carbocycles. The van der Waals surface area contributed by atoms with Crippen LogP contribution in [0.5, 0.6) is 0 Å². The highest BCUT2D eigenvalue weighted by Crippen LogP contribution is 2.30. The predicted octanol–water partition coefficient (Wildman–Crippen LogP) is 7.51. The van der Waals surface area contributed by atoms with Crippen molar-refractivity contribution in [3.63, 3.8) is 0 Å². The molecule has 3 aromatic carbocycles. The molecule has 24 heavy (non-hydrogen) atoms. The van der Waals surface area contributed by atoms with Gasteiger partial charge in [0.25, 0.3) is 0 Å². The molecule has 1 nitrogen and oxygen atoms in total. The van der Waals surface area contributed by atoms with Gasteiger partial charge in [0.1, 0.15) is 0 Å². The molecular formula is C23H31N. The third-order valence-corrected chi connectivity index (χ3v) is 3.72. The summed E-state index contributed by atoms with van der Waals surface area (Å²) in [6.45, 7) is 12.3. The summed E-state index contributed by atoms with van der Waals surface area (Å²) in [6, 6.07) is 21.5. The van der Waals surface area contributed by atoms with Crippen molar-refractivity contribution in [1.29, 1.82) is 0 Å². The molecule has 0 aliphatic rings. The molecule has 128 valence electrons. The highest BCUT2D eigenvalue weighted by molar-refractivity contribution is 5.97. The Morgan fingerprint density at radius 2 is 1.38 bits per heavy atom. The lowest BCUT2D eigenvalue weighted by atomic mass is 10.0. The minimum Gasteiger partial charge on any atom is -0.355 e. The van der Waals surface area contributed by atoms with Crippen molar-refractivity contribution >= 4 is 22.1 Å². The van der Waals surface area contributed by atoms with E-state index in [9.17, 15) is 0 Å². The van der Waals surface area contributed by atoms with Crippen LogP contribution in [0, 0.1) is 6.92 Å². The van der Waals surface area contributed by atoms with Gasteiger partial charge in [0.2, 0.25) is 0 Å². The molecule has 0 saturated heterocycles. The number of fused-ring (bicyclic) bond motifs is 1. The summed E-state index contributed by atoms with van der Waals surface area (Å²) in [5.41, 5.74) is 5.00. The Kier molecular flexibility index (Phi) is 8.64. The monoisotopic (exact) mass is 321 g/mol. The number of aryl methyl sites for hydroxylation is 2. The number of hydrogen-bond acceptors (Lipinski definition) is 1. The quantitative estimate of drug-likeness (QED) is 0.526. The molecule has 3 rings (SSSR count). The van der Waals surface area contributed by atoms with E-state index in [0.29, 0.717) is 0 Å². The fraction of sp³-hybridized carbons (Fsp3) is 0.304. The van der Waals surface area contributed by atoms with Crippen molar-refractivity contribution in [2.24, 2.45) is 0 Å². The molecule has 0 spiro atoms. The Morgan fingerprint density at radius 3 is 2.00 bits per heavy atom. The summed E-state index contributed by atoms with van der Waals surface area (Å²) in [5.74, 6) is 0. The van der Waals surface area contributed by atoms with Gasteiger partial charge >= 0.3 is 0 Å². The van der Waals surface area contributed by atoms with E-state index in [1.54, 1.807) is 0 Å². The van der Waals surface area contributed by atoms with Crippen LogP contribution in [-0.2, 0) is 6.42 Å². The molecule has 0 bridgehead atoms. The van der Waals surface area contributed by atoms with Gasteiger partial charge in [-0.1, -0.05) is 88.7 Å². The Bertz CT molecular complexity index is 727. The van der Waals surface area contributed by atoms with Crippen molar-refractivity contribution in [3.05, 3.63) is 71.8 Å². The van der Waals surface area contributed by atoms with Crippen molar-refractivity contribution in [2.45, 2.75) is 48.0 Å². The minimum absolute atomic E-state index is 1.03. The first-order chi connectivity index (χ1) is 11.8. The van der Waals surface area contributed by atoms with Gasteiger partial charge in [-0.2, -0.15) is 0 Å².